The number of aliphatic carboxylic acids is 2. The van der Waals surface area contributed by atoms with Crippen molar-refractivity contribution in [2.24, 2.45) is 0 Å². The van der Waals surface area contributed by atoms with E-state index in [0.29, 0.717) is 12.8 Å². The molecule has 21 heavy (non-hydrogen) atoms. The number of aliphatic hydroxyl groups is 2. The van der Waals surface area contributed by atoms with Crippen LogP contribution >= 0.6 is 0 Å². The molecule has 0 aliphatic rings. The first-order valence-corrected chi connectivity index (χ1v) is 7.09. The number of unbranched alkanes of at least 4 members (excludes halogenated alkanes) is 4. The summed E-state index contributed by atoms with van der Waals surface area (Å²) >= 11 is 0. The first-order chi connectivity index (χ1) is 10.0. The minimum Gasteiger partial charge on any atom is -0.478 e. The van der Waals surface area contributed by atoms with E-state index < -0.39 is 11.9 Å². The highest BCUT2D eigenvalue weighted by Gasteiger charge is 2.06. The van der Waals surface area contributed by atoms with Gasteiger partial charge in [0, 0.05) is 37.2 Å². The maximum Gasteiger partial charge on any atom is 0.331 e. The zero-order valence-corrected chi connectivity index (χ0v) is 12.1. The Morgan fingerprint density at radius 3 is 1.38 bits per heavy atom. The lowest BCUT2D eigenvalue weighted by Gasteiger charge is -2.01. The number of carboxylic acids is 2. The molecular formula is C15H24O6. The Kier molecular flexibility index (Phi) is 11.2. The summed E-state index contributed by atoms with van der Waals surface area (Å²) in [4.78, 5) is 21.6. The zero-order chi connectivity index (χ0) is 16.1. The summed E-state index contributed by atoms with van der Waals surface area (Å²) in [6, 6.07) is 0. The van der Waals surface area contributed by atoms with Gasteiger partial charge in [-0.3, -0.25) is 0 Å². The van der Waals surface area contributed by atoms with Gasteiger partial charge in [0.2, 0.25) is 0 Å². The van der Waals surface area contributed by atoms with E-state index in [-0.39, 0.29) is 37.2 Å². The highest BCUT2D eigenvalue weighted by molar-refractivity contribution is 5.86. The summed E-state index contributed by atoms with van der Waals surface area (Å²) < 4.78 is 0. The molecule has 0 unspecified atom stereocenters. The Morgan fingerprint density at radius 1 is 0.714 bits per heavy atom. The molecule has 0 atom stereocenters. The summed E-state index contributed by atoms with van der Waals surface area (Å²) in [5.41, 5.74) is 0.460. The van der Waals surface area contributed by atoms with Crippen molar-refractivity contribution < 1.29 is 30.0 Å². The summed E-state index contributed by atoms with van der Waals surface area (Å²) in [6.45, 7) is -0.350. The van der Waals surface area contributed by atoms with Gasteiger partial charge in [-0.2, -0.15) is 0 Å². The minimum absolute atomic E-state index is 0.154. The molecule has 0 aliphatic carbocycles. The standard InChI is InChI=1S/C15H24O6/c16-10-8-12(14(18)19)6-4-2-1-3-5-7-13(9-11-17)15(20)21/h6-7,16-17H,1-5,8-11H2,(H,18,19)(H,20,21)/b12-6-,13-7+. The van der Waals surface area contributed by atoms with Gasteiger partial charge in [0.05, 0.1) is 0 Å². The normalized spacial score (nSPS) is 12.5. The molecule has 0 saturated carbocycles. The van der Waals surface area contributed by atoms with Crippen molar-refractivity contribution in [3.63, 3.8) is 0 Å². The number of hydrogen-bond donors (Lipinski definition) is 4. The van der Waals surface area contributed by atoms with E-state index in [1.165, 1.54) is 0 Å². The number of carboxylic acid groups (broad SMARTS) is 2. The Balaban J connectivity index is 3.95. The molecule has 0 aromatic heterocycles. The fourth-order valence-corrected chi connectivity index (χ4v) is 1.85. The van der Waals surface area contributed by atoms with E-state index >= 15 is 0 Å². The van der Waals surface area contributed by atoms with E-state index in [1.54, 1.807) is 12.2 Å². The van der Waals surface area contributed by atoms with Gasteiger partial charge in [-0.25, -0.2) is 9.59 Å². The number of rotatable bonds is 12. The van der Waals surface area contributed by atoms with E-state index in [0.717, 1.165) is 19.3 Å². The minimum atomic E-state index is -0.998. The van der Waals surface area contributed by atoms with Crippen molar-refractivity contribution in [3.8, 4) is 0 Å². The third kappa shape index (κ3) is 9.81. The average molecular weight is 300 g/mol. The lowest BCUT2D eigenvalue weighted by molar-refractivity contribution is -0.133. The fourth-order valence-electron chi connectivity index (χ4n) is 1.85. The SMILES string of the molecule is O=C(O)/C(=C\CCCCC/C=C(\CCO)C(=O)O)CCO. The molecule has 0 aromatic carbocycles. The van der Waals surface area contributed by atoms with E-state index in [2.05, 4.69) is 0 Å². The Morgan fingerprint density at radius 2 is 1.10 bits per heavy atom. The van der Waals surface area contributed by atoms with Crippen LogP contribution in [0.5, 0.6) is 0 Å². The van der Waals surface area contributed by atoms with Crippen LogP contribution in [0.3, 0.4) is 0 Å². The van der Waals surface area contributed by atoms with Crippen molar-refractivity contribution in [2.75, 3.05) is 13.2 Å². The molecule has 0 fully saturated rings. The number of allylic oxidation sites excluding steroid dienone is 2. The predicted octanol–water partition coefficient (Wildman–Crippen LogP) is 1.72. The monoisotopic (exact) mass is 300 g/mol. The summed E-state index contributed by atoms with van der Waals surface area (Å²) in [5, 5.41) is 35.1. The van der Waals surface area contributed by atoms with Crippen LogP contribution in [0.15, 0.2) is 23.3 Å². The predicted molar refractivity (Wildman–Crippen MR) is 77.9 cm³/mol. The van der Waals surface area contributed by atoms with E-state index in [9.17, 15) is 9.59 Å². The van der Waals surface area contributed by atoms with Gasteiger partial charge in [-0.1, -0.05) is 18.6 Å². The molecule has 0 aromatic rings. The van der Waals surface area contributed by atoms with Gasteiger partial charge in [0.15, 0.2) is 0 Å². The molecule has 0 aliphatic heterocycles. The second-order valence-electron chi connectivity index (χ2n) is 4.65. The molecule has 0 spiro atoms. The highest BCUT2D eigenvalue weighted by atomic mass is 16.4. The lowest BCUT2D eigenvalue weighted by Crippen LogP contribution is -2.02. The van der Waals surface area contributed by atoms with Gasteiger partial charge in [-0.05, 0) is 25.7 Å². The largest absolute Gasteiger partial charge is 0.478 e. The van der Waals surface area contributed by atoms with Crippen LogP contribution in [0.25, 0.3) is 0 Å². The first kappa shape index (κ1) is 19.3. The van der Waals surface area contributed by atoms with Crippen molar-refractivity contribution >= 4 is 11.9 Å². The van der Waals surface area contributed by atoms with Gasteiger partial charge in [0.25, 0.3) is 0 Å². The van der Waals surface area contributed by atoms with Gasteiger partial charge < -0.3 is 20.4 Å². The molecule has 0 radical (unpaired) electrons. The van der Waals surface area contributed by atoms with Crippen molar-refractivity contribution in [3.05, 3.63) is 23.3 Å². The number of aliphatic hydroxyl groups excluding tert-OH is 2. The molecule has 120 valence electrons. The second kappa shape index (κ2) is 12.1. The van der Waals surface area contributed by atoms with Crippen LogP contribution in [0.4, 0.5) is 0 Å². The van der Waals surface area contributed by atoms with Crippen LogP contribution < -0.4 is 0 Å². The molecule has 0 saturated heterocycles. The van der Waals surface area contributed by atoms with Crippen LogP contribution in [-0.4, -0.2) is 45.6 Å². The molecule has 0 rings (SSSR count). The topological polar surface area (TPSA) is 115 Å². The third-order valence-corrected chi connectivity index (χ3v) is 3.00. The smallest absolute Gasteiger partial charge is 0.331 e. The van der Waals surface area contributed by atoms with Gasteiger partial charge >= 0.3 is 11.9 Å². The lowest BCUT2D eigenvalue weighted by atomic mass is 10.1. The molecule has 0 amide bonds. The Labute approximate surface area is 124 Å². The van der Waals surface area contributed by atoms with Gasteiger partial charge in [-0.15, -0.1) is 0 Å². The zero-order valence-electron chi connectivity index (χ0n) is 12.1. The molecule has 4 N–H and O–H groups in total. The third-order valence-electron chi connectivity index (χ3n) is 3.00. The van der Waals surface area contributed by atoms with Crippen molar-refractivity contribution in [2.45, 2.75) is 44.9 Å². The summed E-state index contributed by atoms with van der Waals surface area (Å²) in [7, 11) is 0. The number of hydrogen-bond acceptors (Lipinski definition) is 4. The highest BCUT2D eigenvalue weighted by Crippen LogP contribution is 2.10. The summed E-state index contributed by atoms with van der Waals surface area (Å²) in [6.07, 6.45) is 7.33. The maximum atomic E-state index is 10.8. The van der Waals surface area contributed by atoms with Crippen LogP contribution in [0.2, 0.25) is 0 Å². The van der Waals surface area contributed by atoms with Gasteiger partial charge in [0.1, 0.15) is 0 Å². The van der Waals surface area contributed by atoms with Crippen LogP contribution in [0.1, 0.15) is 44.9 Å². The Bertz CT molecular complexity index is 348. The average Bonchev–Trinajstić information content (AvgIpc) is 2.43. The Hall–Kier alpha value is -1.66. The quantitative estimate of drug-likeness (QED) is 0.322. The fraction of sp³-hybridized carbons (Fsp3) is 0.600. The van der Waals surface area contributed by atoms with Crippen LogP contribution in [-0.2, 0) is 9.59 Å². The van der Waals surface area contributed by atoms with Crippen molar-refractivity contribution in [1.82, 2.24) is 0 Å². The molecule has 6 heteroatoms. The first-order valence-electron chi connectivity index (χ1n) is 7.09. The second-order valence-corrected chi connectivity index (χ2v) is 4.65. The van der Waals surface area contributed by atoms with E-state index in [1.807, 2.05) is 0 Å². The van der Waals surface area contributed by atoms with E-state index in [4.69, 9.17) is 20.4 Å². The number of carbonyl (C=O) groups is 2. The molecule has 0 bridgehead atoms. The summed E-state index contributed by atoms with van der Waals surface area (Å²) in [5.74, 6) is -2.00. The van der Waals surface area contributed by atoms with Crippen molar-refractivity contribution in [1.29, 1.82) is 0 Å². The molecule has 6 nitrogen and oxygen atoms in total. The van der Waals surface area contributed by atoms with Crippen LogP contribution in [0, 0.1) is 0 Å². The molecular weight excluding hydrogens is 276 g/mol. The molecule has 0 heterocycles. The maximum absolute atomic E-state index is 10.8.